The predicted octanol–water partition coefficient (Wildman–Crippen LogP) is 1.99. The number of hydrogen-bond donors (Lipinski definition) is 2. The number of rotatable bonds is 6. The van der Waals surface area contributed by atoms with Crippen molar-refractivity contribution >= 4 is 11.9 Å². The summed E-state index contributed by atoms with van der Waals surface area (Å²) in [5, 5.41) is 6.20. The third-order valence-corrected chi connectivity index (χ3v) is 4.83. The van der Waals surface area contributed by atoms with Crippen LogP contribution < -0.4 is 15.4 Å². The van der Waals surface area contributed by atoms with Crippen molar-refractivity contribution in [3.05, 3.63) is 47.8 Å². The van der Waals surface area contributed by atoms with E-state index in [-0.39, 0.29) is 5.91 Å². The first-order valence-corrected chi connectivity index (χ1v) is 9.23. The van der Waals surface area contributed by atoms with Crippen LogP contribution in [-0.2, 0) is 11.3 Å². The van der Waals surface area contributed by atoms with Crippen LogP contribution in [0.15, 0.2) is 36.7 Å². The number of carbonyl (C=O) groups excluding carboxylic acids is 1. The molecule has 0 saturated carbocycles. The summed E-state index contributed by atoms with van der Waals surface area (Å²) in [4.78, 5) is 23.5. The van der Waals surface area contributed by atoms with Crippen molar-refractivity contribution in [3.8, 4) is 5.75 Å². The zero-order chi connectivity index (χ0) is 19.3. The normalized spacial score (nSPS) is 15.8. The number of ether oxygens (including phenoxy) is 1. The largest absolute Gasteiger partial charge is 0.477 e. The predicted molar refractivity (Wildman–Crippen MR) is 105 cm³/mol. The summed E-state index contributed by atoms with van der Waals surface area (Å²) in [5.74, 6) is 1.28. The second-order valence-corrected chi connectivity index (χ2v) is 6.99. The number of aryl methyl sites for hydroxylation is 1. The highest BCUT2D eigenvalue weighted by molar-refractivity contribution is 5.85. The Morgan fingerprint density at radius 2 is 1.85 bits per heavy atom. The molecule has 0 radical (unpaired) electrons. The molecule has 2 aromatic rings. The summed E-state index contributed by atoms with van der Waals surface area (Å²) >= 11 is 0. The minimum Gasteiger partial charge on any atom is -0.477 e. The number of amides is 1. The molecule has 1 aliphatic rings. The Morgan fingerprint density at radius 1 is 1.22 bits per heavy atom. The van der Waals surface area contributed by atoms with Gasteiger partial charge in [-0.25, -0.2) is 9.97 Å². The van der Waals surface area contributed by atoms with E-state index < -0.39 is 5.60 Å². The molecule has 1 aromatic carbocycles. The fourth-order valence-corrected chi connectivity index (χ4v) is 3.28. The quantitative estimate of drug-likeness (QED) is 0.811. The standard InChI is InChI=1S/C20H27N5O2/c1-15-4-6-17(7-5-15)27-20(8-10-22-11-9-20)18(26)25(3)14-16-12-23-19(21-2)24-13-16/h4-7,12-13,22H,8-11,14H2,1-3H3,(H,21,23,24). The highest BCUT2D eigenvalue weighted by atomic mass is 16.5. The summed E-state index contributed by atoms with van der Waals surface area (Å²) in [6.07, 6.45) is 4.75. The van der Waals surface area contributed by atoms with E-state index in [1.165, 1.54) is 0 Å². The summed E-state index contributed by atoms with van der Waals surface area (Å²) < 4.78 is 6.28. The monoisotopic (exact) mass is 369 g/mol. The molecule has 1 aliphatic heterocycles. The molecule has 7 heteroatoms. The maximum Gasteiger partial charge on any atom is 0.266 e. The lowest BCUT2D eigenvalue weighted by molar-refractivity contribution is -0.150. The summed E-state index contributed by atoms with van der Waals surface area (Å²) in [6.45, 7) is 3.98. The van der Waals surface area contributed by atoms with Gasteiger partial charge in [-0.1, -0.05) is 17.7 Å². The molecule has 0 spiro atoms. The van der Waals surface area contributed by atoms with E-state index in [0.717, 1.165) is 30.0 Å². The Balaban J connectivity index is 1.76. The van der Waals surface area contributed by atoms with E-state index >= 15 is 0 Å². The molecule has 1 aromatic heterocycles. The molecule has 0 atom stereocenters. The van der Waals surface area contributed by atoms with Crippen LogP contribution in [-0.4, -0.2) is 53.6 Å². The van der Waals surface area contributed by atoms with Crippen molar-refractivity contribution in [1.82, 2.24) is 20.2 Å². The first-order valence-electron chi connectivity index (χ1n) is 9.23. The van der Waals surface area contributed by atoms with Crippen molar-refractivity contribution in [2.75, 3.05) is 32.5 Å². The Bertz CT molecular complexity index is 755. The smallest absolute Gasteiger partial charge is 0.266 e. The second-order valence-electron chi connectivity index (χ2n) is 6.99. The topological polar surface area (TPSA) is 79.4 Å². The van der Waals surface area contributed by atoms with Crippen LogP contribution in [0.3, 0.4) is 0 Å². The van der Waals surface area contributed by atoms with Crippen LogP contribution in [0, 0.1) is 6.92 Å². The molecule has 2 N–H and O–H groups in total. The van der Waals surface area contributed by atoms with E-state index in [4.69, 9.17) is 4.74 Å². The highest BCUT2D eigenvalue weighted by Crippen LogP contribution is 2.29. The Kier molecular flexibility index (Phi) is 5.91. The van der Waals surface area contributed by atoms with Gasteiger partial charge in [0.05, 0.1) is 0 Å². The molecule has 144 valence electrons. The molecule has 7 nitrogen and oxygen atoms in total. The van der Waals surface area contributed by atoms with Gasteiger partial charge in [-0.2, -0.15) is 0 Å². The molecule has 0 bridgehead atoms. The zero-order valence-electron chi connectivity index (χ0n) is 16.2. The number of piperidine rings is 1. The molecule has 1 fully saturated rings. The van der Waals surface area contributed by atoms with Gasteiger partial charge in [0, 0.05) is 51.4 Å². The summed E-state index contributed by atoms with van der Waals surface area (Å²) in [7, 11) is 3.57. The lowest BCUT2D eigenvalue weighted by atomic mass is 9.90. The van der Waals surface area contributed by atoms with Crippen LogP contribution in [0.4, 0.5) is 5.95 Å². The van der Waals surface area contributed by atoms with Crippen molar-refractivity contribution in [1.29, 1.82) is 0 Å². The average molecular weight is 369 g/mol. The molecule has 3 rings (SSSR count). The van der Waals surface area contributed by atoms with Gasteiger partial charge in [-0.3, -0.25) is 4.79 Å². The molecule has 1 saturated heterocycles. The number of likely N-dealkylation sites (N-methyl/N-ethyl adjacent to an activating group) is 1. The number of aromatic nitrogens is 2. The van der Waals surface area contributed by atoms with Crippen molar-refractivity contribution < 1.29 is 9.53 Å². The van der Waals surface area contributed by atoms with Gasteiger partial charge in [0.25, 0.3) is 5.91 Å². The maximum absolute atomic E-state index is 13.3. The molecular formula is C20H27N5O2. The lowest BCUT2D eigenvalue weighted by Crippen LogP contribution is -2.56. The fraction of sp³-hybridized carbons (Fsp3) is 0.450. The Hall–Kier alpha value is -2.67. The van der Waals surface area contributed by atoms with Gasteiger partial charge in [-0.05, 0) is 32.1 Å². The molecular weight excluding hydrogens is 342 g/mol. The lowest BCUT2D eigenvalue weighted by Gasteiger charge is -2.39. The van der Waals surface area contributed by atoms with E-state index in [2.05, 4.69) is 20.6 Å². The van der Waals surface area contributed by atoms with Crippen LogP contribution >= 0.6 is 0 Å². The fourth-order valence-electron chi connectivity index (χ4n) is 3.28. The minimum absolute atomic E-state index is 0.0118. The van der Waals surface area contributed by atoms with Crippen LogP contribution in [0.2, 0.25) is 0 Å². The zero-order valence-corrected chi connectivity index (χ0v) is 16.2. The van der Waals surface area contributed by atoms with E-state index in [0.29, 0.717) is 25.3 Å². The van der Waals surface area contributed by atoms with Crippen molar-refractivity contribution in [2.24, 2.45) is 0 Å². The van der Waals surface area contributed by atoms with Gasteiger partial charge < -0.3 is 20.3 Å². The maximum atomic E-state index is 13.3. The van der Waals surface area contributed by atoms with Gasteiger partial charge in [0.15, 0.2) is 5.60 Å². The van der Waals surface area contributed by atoms with Crippen molar-refractivity contribution in [2.45, 2.75) is 31.9 Å². The highest BCUT2D eigenvalue weighted by Gasteiger charge is 2.43. The summed E-state index contributed by atoms with van der Waals surface area (Å²) in [5.41, 5.74) is 1.19. The number of nitrogens with one attached hydrogen (secondary N) is 2. The second kappa shape index (κ2) is 8.35. The van der Waals surface area contributed by atoms with E-state index in [1.807, 2.05) is 31.2 Å². The third kappa shape index (κ3) is 4.54. The Morgan fingerprint density at radius 3 is 2.44 bits per heavy atom. The molecule has 27 heavy (non-hydrogen) atoms. The van der Waals surface area contributed by atoms with Gasteiger partial charge >= 0.3 is 0 Å². The first-order chi connectivity index (χ1) is 13.0. The Labute approximate surface area is 160 Å². The minimum atomic E-state index is -0.846. The van der Waals surface area contributed by atoms with Gasteiger partial charge in [0.1, 0.15) is 5.75 Å². The molecule has 1 amide bonds. The number of carbonyl (C=O) groups is 1. The molecule has 0 aliphatic carbocycles. The number of nitrogens with zero attached hydrogens (tertiary/aromatic N) is 3. The average Bonchev–Trinajstić information content (AvgIpc) is 2.70. The number of hydrogen-bond acceptors (Lipinski definition) is 6. The number of anilines is 1. The summed E-state index contributed by atoms with van der Waals surface area (Å²) in [6, 6.07) is 7.85. The van der Waals surface area contributed by atoms with Crippen molar-refractivity contribution in [3.63, 3.8) is 0 Å². The first kappa shape index (κ1) is 19.1. The SMILES string of the molecule is CNc1ncc(CN(C)C(=O)C2(Oc3ccc(C)cc3)CCNCC2)cn1. The van der Waals surface area contributed by atoms with Crippen LogP contribution in [0.25, 0.3) is 0 Å². The van der Waals surface area contributed by atoms with E-state index in [9.17, 15) is 4.79 Å². The third-order valence-electron chi connectivity index (χ3n) is 4.83. The molecule has 0 unspecified atom stereocenters. The molecule has 2 heterocycles. The number of benzene rings is 1. The van der Waals surface area contributed by atoms with Crippen LogP contribution in [0.1, 0.15) is 24.0 Å². The van der Waals surface area contributed by atoms with Gasteiger partial charge in [-0.15, -0.1) is 0 Å². The van der Waals surface area contributed by atoms with Gasteiger partial charge in [0.2, 0.25) is 5.95 Å². The van der Waals surface area contributed by atoms with E-state index in [1.54, 1.807) is 31.4 Å². The van der Waals surface area contributed by atoms with Crippen LogP contribution in [0.5, 0.6) is 5.75 Å².